The standard InChI is InChI=1S/C24H33N3O2.ClH/c25-21-2-1-7-27(15-21)22(28)20-5-3-16(4-6-20)14-26-23(29)24-11-17-8-18(12-24)10-19(9-17)13-24;/h3-6,17-19,21H,1-2,7-15,25H2,(H,26,29);1H. The van der Waals surface area contributed by atoms with Crippen LogP contribution in [0.5, 0.6) is 0 Å². The smallest absolute Gasteiger partial charge is 0.253 e. The van der Waals surface area contributed by atoms with Crippen LogP contribution in [-0.4, -0.2) is 35.8 Å². The molecule has 1 aromatic rings. The average molecular weight is 432 g/mol. The van der Waals surface area contributed by atoms with Crippen molar-refractivity contribution < 1.29 is 9.59 Å². The van der Waals surface area contributed by atoms with Crippen molar-refractivity contribution >= 4 is 24.2 Å². The fourth-order valence-electron chi connectivity index (χ4n) is 6.90. The number of rotatable bonds is 4. The van der Waals surface area contributed by atoms with Crippen LogP contribution in [0.2, 0.25) is 0 Å². The first kappa shape index (κ1) is 21.6. The fraction of sp³-hybridized carbons (Fsp3) is 0.667. The van der Waals surface area contributed by atoms with Gasteiger partial charge in [-0.2, -0.15) is 0 Å². The molecule has 3 N–H and O–H groups in total. The van der Waals surface area contributed by atoms with Crippen LogP contribution >= 0.6 is 12.4 Å². The van der Waals surface area contributed by atoms with Crippen molar-refractivity contribution in [2.75, 3.05) is 13.1 Å². The highest BCUT2D eigenvalue weighted by Gasteiger charge is 2.54. The number of hydrogen-bond donors (Lipinski definition) is 2. The number of likely N-dealkylation sites (tertiary alicyclic amines) is 1. The zero-order chi connectivity index (χ0) is 20.0. The number of carbonyl (C=O) groups excluding carboxylic acids is 2. The molecule has 1 unspecified atom stereocenters. The van der Waals surface area contributed by atoms with Crippen LogP contribution in [0, 0.1) is 23.2 Å². The highest BCUT2D eigenvalue weighted by atomic mass is 35.5. The van der Waals surface area contributed by atoms with E-state index in [-0.39, 0.29) is 35.7 Å². The predicted octanol–water partition coefficient (Wildman–Crippen LogP) is 3.50. The van der Waals surface area contributed by atoms with Crippen molar-refractivity contribution in [3.63, 3.8) is 0 Å². The van der Waals surface area contributed by atoms with Gasteiger partial charge in [-0.15, -0.1) is 12.4 Å². The lowest BCUT2D eigenvalue weighted by Crippen LogP contribution is -2.53. The summed E-state index contributed by atoms with van der Waals surface area (Å²) < 4.78 is 0. The third-order valence-electron chi connectivity index (χ3n) is 7.92. The predicted molar refractivity (Wildman–Crippen MR) is 119 cm³/mol. The van der Waals surface area contributed by atoms with Gasteiger partial charge in [0.1, 0.15) is 0 Å². The van der Waals surface area contributed by atoms with E-state index < -0.39 is 0 Å². The first-order valence-electron chi connectivity index (χ1n) is 11.4. The number of halogens is 1. The molecule has 1 heterocycles. The molecule has 0 radical (unpaired) electrons. The molecule has 1 aliphatic heterocycles. The third kappa shape index (κ3) is 4.11. The number of nitrogens with two attached hydrogens (primary N) is 1. The molecular formula is C24H34ClN3O2. The second kappa shape index (κ2) is 8.51. The molecule has 5 aliphatic rings. The maximum absolute atomic E-state index is 13.1. The summed E-state index contributed by atoms with van der Waals surface area (Å²) in [6.45, 7) is 1.97. The summed E-state index contributed by atoms with van der Waals surface area (Å²) in [6.07, 6.45) is 9.30. The zero-order valence-corrected chi connectivity index (χ0v) is 18.5. The number of carbonyl (C=O) groups is 2. The summed E-state index contributed by atoms with van der Waals surface area (Å²) in [5, 5.41) is 3.22. The normalized spacial score (nSPS) is 34.4. The number of hydrogen-bond acceptors (Lipinski definition) is 3. The highest BCUT2D eigenvalue weighted by molar-refractivity contribution is 5.94. The van der Waals surface area contributed by atoms with Gasteiger partial charge in [0.2, 0.25) is 5.91 Å². The molecule has 30 heavy (non-hydrogen) atoms. The van der Waals surface area contributed by atoms with Gasteiger partial charge >= 0.3 is 0 Å². The molecular weight excluding hydrogens is 398 g/mol. The van der Waals surface area contributed by atoms with E-state index in [0.717, 1.165) is 62.0 Å². The van der Waals surface area contributed by atoms with Gasteiger partial charge in [0.15, 0.2) is 0 Å². The van der Waals surface area contributed by atoms with Crippen molar-refractivity contribution in [1.29, 1.82) is 0 Å². The lowest BCUT2D eigenvalue weighted by Gasteiger charge is -2.55. The van der Waals surface area contributed by atoms with E-state index in [4.69, 9.17) is 5.73 Å². The Balaban J connectivity index is 0.00000218. The summed E-state index contributed by atoms with van der Waals surface area (Å²) in [5.41, 5.74) is 7.66. The molecule has 0 aromatic heterocycles. The first-order valence-corrected chi connectivity index (χ1v) is 11.4. The Bertz CT molecular complexity index is 759. The molecule has 5 fully saturated rings. The van der Waals surface area contributed by atoms with Gasteiger partial charge in [0.25, 0.3) is 5.91 Å². The quantitative estimate of drug-likeness (QED) is 0.765. The topological polar surface area (TPSA) is 75.4 Å². The van der Waals surface area contributed by atoms with Crippen LogP contribution in [-0.2, 0) is 11.3 Å². The Kier molecular flexibility index (Phi) is 6.13. The maximum Gasteiger partial charge on any atom is 0.253 e. The molecule has 5 nitrogen and oxygen atoms in total. The average Bonchev–Trinajstić information content (AvgIpc) is 2.71. The van der Waals surface area contributed by atoms with Crippen molar-refractivity contribution in [3.8, 4) is 0 Å². The zero-order valence-electron chi connectivity index (χ0n) is 17.6. The van der Waals surface area contributed by atoms with Crippen LogP contribution < -0.4 is 11.1 Å². The van der Waals surface area contributed by atoms with Crippen molar-refractivity contribution in [1.82, 2.24) is 10.2 Å². The number of amides is 2. The molecule has 0 spiro atoms. The van der Waals surface area contributed by atoms with Gasteiger partial charge in [-0.25, -0.2) is 0 Å². The Morgan fingerprint density at radius 2 is 1.63 bits per heavy atom. The molecule has 164 valence electrons. The van der Waals surface area contributed by atoms with Crippen LogP contribution in [0.25, 0.3) is 0 Å². The molecule has 4 bridgehead atoms. The van der Waals surface area contributed by atoms with E-state index in [1.807, 2.05) is 29.2 Å². The number of benzene rings is 1. The summed E-state index contributed by atoms with van der Waals surface area (Å²) in [5.74, 6) is 2.66. The fourth-order valence-corrected chi connectivity index (χ4v) is 6.90. The lowest BCUT2D eigenvalue weighted by molar-refractivity contribution is -0.146. The van der Waals surface area contributed by atoms with Crippen molar-refractivity contribution in [3.05, 3.63) is 35.4 Å². The van der Waals surface area contributed by atoms with Crippen LogP contribution in [0.1, 0.15) is 67.3 Å². The van der Waals surface area contributed by atoms with Gasteiger partial charge in [-0.05, 0) is 86.8 Å². The van der Waals surface area contributed by atoms with Gasteiger partial charge in [-0.1, -0.05) is 12.1 Å². The monoisotopic (exact) mass is 431 g/mol. The van der Waals surface area contributed by atoms with Crippen LogP contribution in [0.3, 0.4) is 0 Å². The van der Waals surface area contributed by atoms with E-state index in [9.17, 15) is 9.59 Å². The molecule has 1 aromatic carbocycles. The SMILES string of the molecule is Cl.NC1CCCN(C(=O)c2ccc(CNC(=O)C34CC5CC(CC(C5)C3)C4)cc2)C1. The molecule has 4 saturated carbocycles. The highest BCUT2D eigenvalue weighted by Crippen LogP contribution is 2.60. The minimum absolute atomic E-state index is 0. The lowest BCUT2D eigenvalue weighted by atomic mass is 9.49. The van der Waals surface area contributed by atoms with E-state index in [1.165, 1.54) is 19.3 Å². The summed E-state index contributed by atoms with van der Waals surface area (Å²) in [7, 11) is 0. The minimum atomic E-state index is -0.0995. The van der Waals surface area contributed by atoms with E-state index in [1.54, 1.807) is 0 Å². The van der Waals surface area contributed by atoms with Crippen molar-refractivity contribution in [2.45, 2.75) is 64.0 Å². The number of nitrogens with zero attached hydrogens (tertiary/aromatic N) is 1. The van der Waals surface area contributed by atoms with Crippen LogP contribution in [0.15, 0.2) is 24.3 Å². The summed E-state index contributed by atoms with van der Waals surface area (Å²) >= 11 is 0. The molecule has 1 atom stereocenters. The minimum Gasteiger partial charge on any atom is -0.352 e. The number of nitrogens with one attached hydrogen (secondary N) is 1. The molecule has 6 rings (SSSR count). The summed E-state index contributed by atoms with van der Waals surface area (Å²) in [6, 6.07) is 7.80. The second-order valence-electron chi connectivity index (χ2n) is 10.2. The van der Waals surface area contributed by atoms with Gasteiger partial charge in [-0.3, -0.25) is 9.59 Å². The molecule has 2 amide bonds. The molecule has 4 aliphatic carbocycles. The number of piperidine rings is 1. The van der Waals surface area contributed by atoms with Crippen LogP contribution in [0.4, 0.5) is 0 Å². The summed E-state index contributed by atoms with van der Waals surface area (Å²) in [4.78, 5) is 27.6. The second-order valence-corrected chi connectivity index (χ2v) is 10.2. The Hall–Kier alpha value is -1.59. The maximum atomic E-state index is 13.1. The van der Waals surface area contributed by atoms with E-state index in [2.05, 4.69) is 5.32 Å². The Labute approximate surface area is 185 Å². The third-order valence-corrected chi connectivity index (χ3v) is 7.92. The largest absolute Gasteiger partial charge is 0.352 e. The molecule has 1 saturated heterocycles. The molecule has 6 heteroatoms. The van der Waals surface area contributed by atoms with E-state index >= 15 is 0 Å². The van der Waals surface area contributed by atoms with Crippen molar-refractivity contribution in [2.24, 2.45) is 28.9 Å². The first-order chi connectivity index (χ1) is 14.0. The van der Waals surface area contributed by atoms with Gasteiger partial charge in [0.05, 0.1) is 0 Å². The van der Waals surface area contributed by atoms with Gasteiger partial charge in [0, 0.05) is 36.7 Å². The Morgan fingerprint density at radius 1 is 1.03 bits per heavy atom. The van der Waals surface area contributed by atoms with Gasteiger partial charge < -0.3 is 16.0 Å². The van der Waals surface area contributed by atoms with E-state index in [0.29, 0.717) is 18.7 Å². The Morgan fingerprint density at radius 3 is 2.20 bits per heavy atom.